The fraction of sp³-hybridized carbons (Fsp3) is 0.0980. The van der Waals surface area contributed by atoms with E-state index < -0.39 is 5.41 Å². The second-order valence-corrected chi connectivity index (χ2v) is 17.5. The van der Waals surface area contributed by atoms with Crippen molar-refractivity contribution in [2.24, 2.45) is 0 Å². The van der Waals surface area contributed by atoms with Gasteiger partial charge in [-0.25, -0.2) is 0 Å². The highest BCUT2D eigenvalue weighted by atomic mass is 32.1. The van der Waals surface area contributed by atoms with Crippen LogP contribution in [0.1, 0.15) is 47.9 Å². The lowest BCUT2D eigenvalue weighted by molar-refractivity contribution is 0.590. The molecule has 0 unspecified atom stereocenters. The largest absolute Gasteiger partial charge is 0.311 e. The minimum atomic E-state index is -0.403. The predicted octanol–water partition coefficient (Wildman–Crippen LogP) is 11.5. The molecule has 55 heavy (non-hydrogen) atoms. The van der Waals surface area contributed by atoms with Gasteiger partial charge >= 0.3 is 0 Å². The number of hydrogen-bond donors (Lipinski definition) is 0. The topological polar surface area (TPSA) is 6.48 Å². The molecule has 1 spiro atoms. The number of benzene rings is 7. The monoisotopic (exact) mass is 720 g/mol. The van der Waals surface area contributed by atoms with Gasteiger partial charge in [-0.1, -0.05) is 148 Å². The van der Waals surface area contributed by atoms with E-state index in [9.17, 15) is 0 Å². The second kappa shape index (κ2) is 11.0. The van der Waals surface area contributed by atoms with E-state index in [1.807, 2.05) is 0 Å². The predicted molar refractivity (Wildman–Crippen MR) is 233 cm³/mol. The average molecular weight is 721 g/mol. The quantitative estimate of drug-likeness (QED) is 0.164. The Kier molecular flexibility index (Phi) is 6.25. The van der Waals surface area contributed by atoms with Crippen molar-refractivity contribution in [3.05, 3.63) is 197 Å². The minimum absolute atomic E-state index is 0.0665. The smallest absolute Gasteiger partial charge is 0.264 e. The molecule has 8 aromatic rings. The van der Waals surface area contributed by atoms with Gasteiger partial charge in [0, 0.05) is 43.7 Å². The normalized spacial score (nSPS) is 14.9. The molecule has 4 heteroatoms. The molecule has 0 bridgehead atoms. The van der Waals surface area contributed by atoms with Crippen molar-refractivity contribution in [2.45, 2.75) is 31.6 Å². The summed E-state index contributed by atoms with van der Waals surface area (Å²) in [6.45, 7) is 7.11. The summed E-state index contributed by atoms with van der Waals surface area (Å²) in [6, 6.07) is 63.9. The molecule has 0 saturated carbocycles. The molecule has 2 aliphatic heterocycles. The van der Waals surface area contributed by atoms with E-state index in [0.29, 0.717) is 0 Å². The Morgan fingerprint density at radius 3 is 1.62 bits per heavy atom. The Hall–Kier alpha value is -6.10. The highest BCUT2D eigenvalue weighted by Crippen LogP contribution is 2.66. The molecule has 0 N–H and O–H groups in total. The Bertz CT molecular complexity index is 2840. The maximum atomic E-state index is 2.63. The van der Waals surface area contributed by atoms with Gasteiger partial charge in [-0.15, -0.1) is 11.3 Å². The van der Waals surface area contributed by atoms with Gasteiger partial charge in [0.2, 0.25) is 0 Å². The molecule has 2 nitrogen and oxygen atoms in total. The molecule has 1 aromatic heterocycles. The zero-order valence-corrected chi connectivity index (χ0v) is 31.9. The molecular weight excluding hydrogens is 683 g/mol. The summed E-state index contributed by atoms with van der Waals surface area (Å²) in [5.41, 5.74) is 20.6. The molecule has 12 rings (SSSR count). The van der Waals surface area contributed by atoms with Gasteiger partial charge in [0.1, 0.15) is 0 Å². The van der Waals surface area contributed by atoms with E-state index in [0.717, 1.165) is 0 Å². The van der Waals surface area contributed by atoms with Gasteiger partial charge in [0.15, 0.2) is 0 Å². The van der Waals surface area contributed by atoms with Crippen molar-refractivity contribution < 1.29 is 0 Å². The summed E-state index contributed by atoms with van der Waals surface area (Å²) < 4.78 is 1.42. The van der Waals surface area contributed by atoms with Crippen LogP contribution in [0.4, 0.5) is 34.1 Å². The van der Waals surface area contributed by atoms with E-state index in [2.05, 4.69) is 212 Å². The van der Waals surface area contributed by atoms with Gasteiger partial charge in [0.05, 0.1) is 11.1 Å². The molecule has 0 radical (unpaired) electrons. The number of rotatable bonds is 2. The summed E-state index contributed by atoms with van der Waals surface area (Å²) in [6.07, 6.45) is 0. The van der Waals surface area contributed by atoms with Crippen LogP contribution in [0, 0.1) is 0 Å². The molecular formula is C51H37BN2S. The van der Waals surface area contributed by atoms with Gasteiger partial charge in [-0.3, -0.25) is 0 Å². The number of hydrogen-bond acceptors (Lipinski definition) is 3. The lowest BCUT2D eigenvalue weighted by Crippen LogP contribution is -2.60. The Morgan fingerprint density at radius 2 is 1.00 bits per heavy atom. The van der Waals surface area contributed by atoms with Gasteiger partial charge < -0.3 is 9.80 Å². The number of para-hydroxylation sites is 3. The highest BCUT2D eigenvalue weighted by Gasteiger charge is 2.56. The third-order valence-corrected chi connectivity index (χ3v) is 13.9. The second-order valence-electron chi connectivity index (χ2n) is 16.4. The fourth-order valence-corrected chi connectivity index (χ4v) is 12.0. The minimum Gasteiger partial charge on any atom is -0.311 e. The van der Waals surface area contributed by atoms with Crippen LogP contribution in [0.5, 0.6) is 0 Å². The molecule has 0 atom stereocenters. The lowest BCUT2D eigenvalue weighted by Gasteiger charge is -2.44. The number of nitrogens with zero attached hydrogens (tertiary/aromatic N) is 2. The maximum Gasteiger partial charge on any atom is 0.264 e. The number of anilines is 6. The summed E-state index contributed by atoms with van der Waals surface area (Å²) >= 11 is 2.05. The van der Waals surface area contributed by atoms with Crippen LogP contribution >= 0.6 is 11.3 Å². The van der Waals surface area contributed by atoms with Crippen LogP contribution in [0.15, 0.2) is 170 Å². The van der Waals surface area contributed by atoms with E-state index in [1.165, 1.54) is 99.2 Å². The first-order chi connectivity index (χ1) is 27.0. The molecule has 2 aliphatic carbocycles. The molecule has 4 aliphatic rings. The first kappa shape index (κ1) is 31.3. The van der Waals surface area contributed by atoms with Crippen LogP contribution < -0.4 is 25.5 Å². The zero-order valence-electron chi connectivity index (χ0n) is 31.0. The van der Waals surface area contributed by atoms with E-state index in [4.69, 9.17) is 0 Å². The van der Waals surface area contributed by atoms with Crippen LogP contribution in [-0.4, -0.2) is 6.71 Å². The highest BCUT2D eigenvalue weighted by molar-refractivity contribution is 7.30. The first-order valence-electron chi connectivity index (χ1n) is 19.4. The van der Waals surface area contributed by atoms with Gasteiger partial charge in [-0.05, 0) is 97.7 Å². The van der Waals surface area contributed by atoms with Crippen molar-refractivity contribution in [3.63, 3.8) is 0 Å². The van der Waals surface area contributed by atoms with Crippen molar-refractivity contribution in [1.29, 1.82) is 0 Å². The average Bonchev–Trinajstić information content (AvgIpc) is 3.85. The van der Waals surface area contributed by atoms with Crippen molar-refractivity contribution in [1.82, 2.24) is 0 Å². The molecule has 7 aromatic carbocycles. The molecule has 260 valence electrons. The standard InChI is InChI=1S/C51H37BN2S/c1-50(2,3)32-30-43-46-44(31-32)54(34-20-8-5-9-21-34)47-45-37-24-12-15-27-40(37)51(38-25-13-10-22-35(38)36-23-11-14-26-39(36)51)48(45)55-49(47)52(46)41-28-16-17-29-42(41)53(43)33-18-6-4-7-19-33/h4-31H,1-3H3. The van der Waals surface area contributed by atoms with Crippen LogP contribution in [-0.2, 0) is 10.8 Å². The van der Waals surface area contributed by atoms with E-state index in [-0.39, 0.29) is 12.1 Å². The molecule has 0 fully saturated rings. The van der Waals surface area contributed by atoms with E-state index >= 15 is 0 Å². The fourth-order valence-electron chi connectivity index (χ4n) is 10.3. The molecule has 0 saturated heterocycles. The lowest BCUT2D eigenvalue weighted by atomic mass is 9.36. The Balaban J connectivity index is 1.26. The number of thiophene rings is 1. The number of fused-ring (bicyclic) bond motifs is 15. The summed E-state index contributed by atoms with van der Waals surface area (Å²) in [5.74, 6) is 0. The third-order valence-electron chi connectivity index (χ3n) is 12.6. The van der Waals surface area contributed by atoms with Crippen LogP contribution in [0.25, 0.3) is 22.3 Å². The summed E-state index contributed by atoms with van der Waals surface area (Å²) in [4.78, 5) is 6.59. The third kappa shape index (κ3) is 3.95. The van der Waals surface area contributed by atoms with Crippen LogP contribution in [0.3, 0.4) is 0 Å². The summed E-state index contributed by atoms with van der Waals surface area (Å²) in [7, 11) is 0. The van der Waals surface area contributed by atoms with E-state index in [1.54, 1.807) is 0 Å². The Morgan fingerprint density at radius 1 is 0.509 bits per heavy atom. The maximum absolute atomic E-state index is 2.63. The Labute approximate surface area is 327 Å². The van der Waals surface area contributed by atoms with Gasteiger partial charge in [-0.2, -0.15) is 0 Å². The zero-order chi connectivity index (χ0) is 36.6. The van der Waals surface area contributed by atoms with Gasteiger partial charge in [0.25, 0.3) is 6.71 Å². The van der Waals surface area contributed by atoms with Crippen molar-refractivity contribution in [2.75, 3.05) is 9.80 Å². The van der Waals surface area contributed by atoms with Crippen LogP contribution in [0.2, 0.25) is 0 Å². The SMILES string of the molecule is CC(C)(C)c1cc2c3c(c1)N(c1ccccc1)c1c(sc4c1-c1ccccc1C41c4ccccc4-c4ccccc41)B3c1ccccc1N2c1ccccc1. The molecule has 0 amide bonds. The van der Waals surface area contributed by atoms with Crippen molar-refractivity contribution >= 4 is 67.9 Å². The molecule has 3 heterocycles. The first-order valence-corrected chi connectivity index (χ1v) is 20.2. The summed E-state index contributed by atoms with van der Waals surface area (Å²) in [5, 5.41) is 0. The van der Waals surface area contributed by atoms with Crippen molar-refractivity contribution in [3.8, 4) is 22.3 Å².